The zero-order chi connectivity index (χ0) is 36.2. The summed E-state index contributed by atoms with van der Waals surface area (Å²) in [5.41, 5.74) is 3.26. The number of rotatable bonds is 3. The minimum absolute atomic E-state index is 0.0414. The van der Waals surface area contributed by atoms with Crippen molar-refractivity contribution in [3.05, 3.63) is 158 Å². The summed E-state index contributed by atoms with van der Waals surface area (Å²) >= 11 is 0. The minimum atomic E-state index is -0.605. The fourth-order valence-corrected chi connectivity index (χ4v) is 6.45. The van der Waals surface area contributed by atoms with Crippen molar-refractivity contribution in [1.82, 2.24) is 0 Å². The van der Waals surface area contributed by atoms with Gasteiger partial charge in [0, 0.05) is 10.8 Å². The van der Waals surface area contributed by atoms with Gasteiger partial charge in [0.05, 0.1) is 12.3 Å². The van der Waals surface area contributed by atoms with Crippen molar-refractivity contribution >= 4 is 54.3 Å². The molecule has 0 aliphatic heterocycles. The third kappa shape index (κ3) is 3.65. The molecule has 0 atom stereocenters. The minimum Gasteiger partial charge on any atom is -0.456 e. The summed E-state index contributed by atoms with van der Waals surface area (Å²) in [6.07, 6.45) is 0. The first-order chi connectivity index (χ1) is 25.1. The van der Waals surface area contributed by atoms with E-state index >= 15 is 0 Å². The third-order valence-electron chi connectivity index (χ3n) is 8.21. The van der Waals surface area contributed by atoms with E-state index in [1.807, 2.05) is 78.9 Å². The third-order valence-corrected chi connectivity index (χ3v) is 8.21. The summed E-state index contributed by atoms with van der Waals surface area (Å²) in [6.45, 7) is 0. The number of benzene rings is 8. The van der Waals surface area contributed by atoms with Crippen molar-refractivity contribution in [3.8, 4) is 33.4 Å². The Morgan fingerprint density at radius 2 is 1.02 bits per heavy atom. The lowest BCUT2D eigenvalue weighted by molar-refractivity contribution is 0.669. The lowest BCUT2D eigenvalue weighted by atomic mass is 9.84. The SMILES string of the molecule is [2H]c1c([2H])c([2H])c(-c2c([2H])c([2H])c([2H])c(-c3c4ccccc4c(-c4cccc5oc6ccc7ccccc7c6c45)c4ccccc34)c2[2H])c([2H])c1[2H]. The van der Waals surface area contributed by atoms with Gasteiger partial charge >= 0.3 is 0 Å². The van der Waals surface area contributed by atoms with E-state index in [4.69, 9.17) is 14.0 Å². The molecule has 1 heteroatoms. The number of hydrogen-bond acceptors (Lipinski definition) is 1. The Morgan fingerprint density at radius 1 is 0.419 bits per heavy atom. The molecule has 0 aliphatic carbocycles. The topological polar surface area (TPSA) is 13.1 Å². The van der Waals surface area contributed by atoms with Crippen LogP contribution in [0.2, 0.25) is 0 Å². The summed E-state index contributed by atoms with van der Waals surface area (Å²) < 4.78 is 84.9. The second-order valence-electron chi connectivity index (χ2n) is 10.5. The molecule has 0 bridgehead atoms. The van der Waals surface area contributed by atoms with Crippen molar-refractivity contribution in [3.63, 3.8) is 0 Å². The van der Waals surface area contributed by atoms with Crippen molar-refractivity contribution in [2.24, 2.45) is 0 Å². The average molecular weight is 556 g/mol. The molecule has 0 saturated carbocycles. The summed E-state index contributed by atoms with van der Waals surface area (Å²) in [4.78, 5) is 0. The maximum absolute atomic E-state index is 9.54. The van der Waals surface area contributed by atoms with Crippen LogP contribution in [0.5, 0.6) is 0 Å². The average Bonchev–Trinajstić information content (AvgIpc) is 3.56. The molecular weight excluding hydrogens is 520 g/mol. The molecule has 0 fully saturated rings. The Morgan fingerprint density at radius 3 is 1.77 bits per heavy atom. The van der Waals surface area contributed by atoms with Crippen molar-refractivity contribution in [1.29, 1.82) is 0 Å². The molecule has 200 valence electrons. The Bertz CT molecular complexity index is 2930. The zero-order valence-electron chi connectivity index (χ0n) is 31.7. The highest BCUT2D eigenvalue weighted by Crippen LogP contribution is 2.48. The molecule has 8 aromatic carbocycles. The second kappa shape index (κ2) is 9.44. The van der Waals surface area contributed by atoms with Gasteiger partial charge in [-0.05, 0) is 83.9 Å². The number of furan rings is 1. The van der Waals surface area contributed by atoms with E-state index in [0.29, 0.717) is 16.3 Å². The van der Waals surface area contributed by atoms with E-state index in [0.717, 1.165) is 54.6 Å². The predicted octanol–water partition coefficient (Wildman–Crippen LogP) is 12.0. The van der Waals surface area contributed by atoms with E-state index in [1.54, 1.807) is 0 Å². The van der Waals surface area contributed by atoms with E-state index in [2.05, 4.69) is 24.3 Å². The smallest absolute Gasteiger partial charge is 0.136 e. The standard InChI is InChI=1S/C42H26O/c1-2-12-27(13-3-1)29-15-10-16-30(26-29)39-32-18-6-8-20-34(32)40(35-21-9-7-19-33(35)39)36-22-11-23-37-42(36)41-31-17-5-4-14-28(31)24-25-38(41)43-37/h1-26H/i1D,2D,3D,10D,12D,13D,15D,16D,26D. The fourth-order valence-electron chi connectivity index (χ4n) is 6.45. The van der Waals surface area contributed by atoms with Crippen LogP contribution in [0.3, 0.4) is 0 Å². The highest BCUT2D eigenvalue weighted by atomic mass is 16.3. The molecule has 9 aromatic rings. The van der Waals surface area contributed by atoms with Gasteiger partial charge < -0.3 is 4.42 Å². The van der Waals surface area contributed by atoms with E-state index in [-0.39, 0.29) is 28.8 Å². The van der Waals surface area contributed by atoms with Crippen LogP contribution in [-0.2, 0) is 0 Å². The van der Waals surface area contributed by atoms with Gasteiger partial charge in [0.1, 0.15) is 11.2 Å². The first-order valence-electron chi connectivity index (χ1n) is 18.5. The summed E-state index contributed by atoms with van der Waals surface area (Å²) in [6, 6.07) is 28.9. The normalized spacial score (nSPS) is 14.7. The lowest BCUT2D eigenvalue weighted by Gasteiger charge is -2.18. The van der Waals surface area contributed by atoms with Gasteiger partial charge in [-0.1, -0.05) is 139 Å². The highest BCUT2D eigenvalue weighted by Gasteiger charge is 2.21. The Balaban J connectivity index is 1.45. The predicted molar refractivity (Wildman–Crippen MR) is 183 cm³/mol. The van der Waals surface area contributed by atoms with Crippen LogP contribution in [0, 0.1) is 0 Å². The molecule has 0 aliphatic rings. The van der Waals surface area contributed by atoms with Gasteiger partial charge in [0.2, 0.25) is 0 Å². The fraction of sp³-hybridized carbons (Fsp3) is 0. The molecule has 1 aromatic heterocycles. The van der Waals surface area contributed by atoms with Crippen LogP contribution in [0.4, 0.5) is 0 Å². The maximum atomic E-state index is 9.54. The van der Waals surface area contributed by atoms with Gasteiger partial charge in [-0.15, -0.1) is 0 Å². The maximum Gasteiger partial charge on any atom is 0.136 e. The molecule has 1 nitrogen and oxygen atoms in total. The Labute approximate surface area is 261 Å². The van der Waals surface area contributed by atoms with E-state index in [9.17, 15) is 2.74 Å². The number of hydrogen-bond donors (Lipinski definition) is 0. The van der Waals surface area contributed by atoms with Crippen molar-refractivity contribution < 1.29 is 16.8 Å². The van der Waals surface area contributed by atoms with E-state index < -0.39 is 42.3 Å². The second-order valence-corrected chi connectivity index (χ2v) is 10.5. The van der Waals surface area contributed by atoms with Gasteiger partial charge in [-0.25, -0.2) is 0 Å². The summed E-state index contributed by atoms with van der Waals surface area (Å²) in [7, 11) is 0. The van der Waals surface area contributed by atoms with Crippen LogP contribution in [0.1, 0.15) is 12.3 Å². The lowest BCUT2D eigenvalue weighted by Crippen LogP contribution is -1.91. The molecular formula is C42H26O. The molecule has 0 radical (unpaired) electrons. The number of fused-ring (bicyclic) bond motifs is 7. The van der Waals surface area contributed by atoms with Crippen LogP contribution in [0.25, 0.3) is 87.6 Å². The molecule has 0 unspecified atom stereocenters. The van der Waals surface area contributed by atoms with Crippen molar-refractivity contribution in [2.45, 2.75) is 0 Å². The van der Waals surface area contributed by atoms with Gasteiger partial charge in [0.15, 0.2) is 0 Å². The van der Waals surface area contributed by atoms with Gasteiger partial charge in [0.25, 0.3) is 0 Å². The van der Waals surface area contributed by atoms with Crippen LogP contribution < -0.4 is 0 Å². The highest BCUT2D eigenvalue weighted by molar-refractivity contribution is 6.28. The summed E-state index contributed by atoms with van der Waals surface area (Å²) in [5.74, 6) is 0. The molecule has 0 amide bonds. The largest absolute Gasteiger partial charge is 0.456 e. The summed E-state index contributed by atoms with van der Waals surface area (Å²) in [5, 5.41) is 7.13. The molecule has 9 rings (SSSR count). The van der Waals surface area contributed by atoms with Crippen LogP contribution >= 0.6 is 0 Å². The quantitative estimate of drug-likeness (QED) is 0.198. The monoisotopic (exact) mass is 555 g/mol. The Kier molecular flexibility index (Phi) is 3.67. The molecule has 1 heterocycles. The van der Waals surface area contributed by atoms with E-state index in [1.165, 1.54) is 0 Å². The first kappa shape index (κ1) is 16.7. The molecule has 0 N–H and O–H groups in total. The molecule has 0 saturated heterocycles. The Hall–Kier alpha value is -5.66. The molecule has 0 spiro atoms. The zero-order valence-corrected chi connectivity index (χ0v) is 22.7. The first-order valence-corrected chi connectivity index (χ1v) is 14.0. The van der Waals surface area contributed by atoms with Crippen molar-refractivity contribution in [2.75, 3.05) is 0 Å². The van der Waals surface area contributed by atoms with Crippen LogP contribution in [0.15, 0.2) is 162 Å². The van der Waals surface area contributed by atoms with Gasteiger partial charge in [-0.3, -0.25) is 0 Å². The van der Waals surface area contributed by atoms with Gasteiger partial charge in [-0.2, -0.15) is 0 Å². The van der Waals surface area contributed by atoms with Crippen LogP contribution in [-0.4, -0.2) is 0 Å². The molecule has 43 heavy (non-hydrogen) atoms.